The van der Waals surface area contributed by atoms with Crippen molar-refractivity contribution in [3.63, 3.8) is 0 Å². The first-order valence-electron chi connectivity index (χ1n) is 21.5. The molecule has 3 aliphatic rings. The van der Waals surface area contributed by atoms with E-state index in [2.05, 4.69) is 214 Å². The van der Waals surface area contributed by atoms with Crippen molar-refractivity contribution in [2.45, 2.75) is 90.9 Å². The second kappa shape index (κ2) is 11.9. The molecule has 0 atom stereocenters. The maximum atomic E-state index is 2.59. The summed E-state index contributed by atoms with van der Waals surface area (Å²) in [6.45, 7) is 23.6. The Bertz CT molecular complexity index is 3030. The van der Waals surface area contributed by atoms with Crippen molar-refractivity contribution in [2.24, 2.45) is 0 Å². The van der Waals surface area contributed by atoms with Gasteiger partial charge in [0.05, 0.1) is 5.69 Å². The molecule has 0 bridgehead atoms. The molecule has 8 aromatic rings. The molecule has 8 aromatic carbocycles. The molecule has 3 aliphatic carbocycles. The van der Waals surface area contributed by atoms with Crippen LogP contribution < -0.4 is 4.90 Å². The number of nitrogens with zero attached hydrogens (tertiary/aromatic N) is 1. The highest BCUT2D eigenvalue weighted by Crippen LogP contribution is 2.61. The van der Waals surface area contributed by atoms with Crippen molar-refractivity contribution in [3.8, 4) is 44.5 Å². The summed E-state index contributed by atoms with van der Waals surface area (Å²) in [6.07, 6.45) is 0. The summed E-state index contributed by atoms with van der Waals surface area (Å²) >= 11 is 0. The molecule has 0 spiro atoms. The normalized spacial score (nSPS) is 15.2. The Labute approximate surface area is 350 Å². The maximum Gasteiger partial charge on any atom is 0.0543 e. The summed E-state index contributed by atoms with van der Waals surface area (Å²) < 4.78 is 0. The Morgan fingerprint density at radius 1 is 0.373 bits per heavy atom. The Balaban J connectivity index is 1.14. The van der Waals surface area contributed by atoms with E-state index in [1.807, 2.05) is 0 Å². The Morgan fingerprint density at radius 2 is 0.797 bits per heavy atom. The van der Waals surface area contributed by atoms with Gasteiger partial charge in [-0.25, -0.2) is 0 Å². The van der Waals surface area contributed by atoms with Gasteiger partial charge in [-0.1, -0.05) is 160 Å². The van der Waals surface area contributed by atoms with Gasteiger partial charge in [0.15, 0.2) is 0 Å². The molecule has 290 valence electrons. The summed E-state index contributed by atoms with van der Waals surface area (Å²) in [5.74, 6) is 0. The number of benzene rings is 8. The van der Waals surface area contributed by atoms with Crippen LogP contribution in [-0.2, 0) is 21.7 Å². The van der Waals surface area contributed by atoms with Gasteiger partial charge >= 0.3 is 0 Å². The van der Waals surface area contributed by atoms with Crippen LogP contribution in [0.4, 0.5) is 17.1 Å². The molecule has 0 amide bonds. The van der Waals surface area contributed by atoms with Crippen molar-refractivity contribution in [1.82, 2.24) is 0 Å². The predicted octanol–water partition coefficient (Wildman–Crippen LogP) is 16.3. The van der Waals surface area contributed by atoms with Gasteiger partial charge in [0.1, 0.15) is 0 Å². The fourth-order valence-corrected chi connectivity index (χ4v) is 11.0. The van der Waals surface area contributed by atoms with E-state index in [-0.39, 0.29) is 21.7 Å². The molecule has 0 fully saturated rings. The average Bonchev–Trinajstić information content (AvgIpc) is 3.74. The first kappa shape index (κ1) is 36.2. The zero-order valence-electron chi connectivity index (χ0n) is 36.2. The van der Waals surface area contributed by atoms with Crippen LogP contribution in [0.1, 0.15) is 103 Å². The van der Waals surface area contributed by atoms with E-state index >= 15 is 0 Å². The number of hydrogen-bond acceptors (Lipinski definition) is 1. The lowest BCUT2D eigenvalue weighted by molar-refractivity contribution is 0.590. The molecule has 0 N–H and O–H groups in total. The van der Waals surface area contributed by atoms with Crippen LogP contribution in [0.25, 0.3) is 66.1 Å². The smallest absolute Gasteiger partial charge is 0.0543 e. The van der Waals surface area contributed by atoms with Crippen molar-refractivity contribution in [1.29, 1.82) is 0 Å². The van der Waals surface area contributed by atoms with E-state index in [1.165, 1.54) is 116 Å². The van der Waals surface area contributed by atoms with Crippen molar-refractivity contribution in [3.05, 3.63) is 173 Å². The quantitative estimate of drug-likeness (QED) is 0.173. The van der Waals surface area contributed by atoms with Gasteiger partial charge in [-0.3, -0.25) is 0 Å². The fourth-order valence-electron chi connectivity index (χ4n) is 11.0. The molecule has 0 unspecified atom stereocenters. The van der Waals surface area contributed by atoms with Gasteiger partial charge in [0.2, 0.25) is 0 Å². The molecule has 59 heavy (non-hydrogen) atoms. The van der Waals surface area contributed by atoms with Gasteiger partial charge in [0.25, 0.3) is 0 Å². The molecule has 0 heterocycles. The summed E-state index contributed by atoms with van der Waals surface area (Å²) in [5.41, 5.74) is 22.7. The van der Waals surface area contributed by atoms with Gasteiger partial charge in [0, 0.05) is 27.6 Å². The van der Waals surface area contributed by atoms with E-state index in [1.54, 1.807) is 0 Å². The van der Waals surface area contributed by atoms with E-state index in [9.17, 15) is 0 Å². The molecule has 0 aliphatic heterocycles. The van der Waals surface area contributed by atoms with Crippen molar-refractivity contribution in [2.75, 3.05) is 4.90 Å². The maximum absolute atomic E-state index is 2.59. The highest BCUT2D eigenvalue weighted by Gasteiger charge is 2.44. The Kier molecular flexibility index (Phi) is 7.27. The van der Waals surface area contributed by atoms with E-state index in [0.29, 0.717) is 0 Å². The van der Waals surface area contributed by atoms with Crippen LogP contribution in [-0.4, -0.2) is 0 Å². The van der Waals surface area contributed by atoms with Gasteiger partial charge in [-0.2, -0.15) is 0 Å². The lowest BCUT2D eigenvalue weighted by Gasteiger charge is -2.31. The first-order chi connectivity index (χ1) is 28.0. The van der Waals surface area contributed by atoms with E-state index in [4.69, 9.17) is 0 Å². The highest BCUT2D eigenvalue weighted by atomic mass is 15.1. The third-order valence-electron chi connectivity index (χ3n) is 14.3. The topological polar surface area (TPSA) is 3.24 Å². The molecule has 1 nitrogen and oxygen atoms in total. The predicted molar refractivity (Wildman–Crippen MR) is 253 cm³/mol. The molecule has 0 aromatic heterocycles. The lowest BCUT2D eigenvalue weighted by atomic mass is 9.79. The van der Waals surface area contributed by atoms with Gasteiger partial charge in [-0.05, 0) is 153 Å². The van der Waals surface area contributed by atoms with Crippen molar-refractivity contribution < 1.29 is 0 Å². The monoisotopic (exact) mass is 763 g/mol. The van der Waals surface area contributed by atoms with Crippen LogP contribution in [0.5, 0.6) is 0 Å². The molecule has 0 saturated heterocycles. The largest absolute Gasteiger partial charge is 0.310 e. The van der Waals surface area contributed by atoms with Crippen LogP contribution in [0.15, 0.2) is 140 Å². The second-order valence-electron chi connectivity index (χ2n) is 20.6. The standard InChI is InChI=1S/C58H53N/c1-55(2,3)34-22-26-36(27-23-34)59(37-28-24-35(25-29-37)56(4,5)6)51-33-50-53(42-19-14-13-18-40(42)51)45-31-48-46(32-47(45)58(50,9)10)54-43-21-15-20-41-38-16-11-12-17-39(38)44(52(41)43)30-49(54)57(48,7)8/h11-33H,1-10H3. The minimum Gasteiger partial charge on any atom is -0.310 e. The molecular formula is C58H53N. The highest BCUT2D eigenvalue weighted by molar-refractivity contribution is 6.21. The third kappa shape index (κ3) is 4.97. The van der Waals surface area contributed by atoms with Crippen LogP contribution in [0, 0.1) is 0 Å². The average molecular weight is 764 g/mol. The first-order valence-corrected chi connectivity index (χ1v) is 21.5. The molecule has 0 saturated carbocycles. The number of fused-ring (bicyclic) bond motifs is 12. The zero-order valence-corrected chi connectivity index (χ0v) is 36.2. The number of anilines is 3. The molecule has 1 heteroatoms. The summed E-state index contributed by atoms with van der Waals surface area (Å²) in [6, 6.07) is 53.9. The van der Waals surface area contributed by atoms with Crippen LogP contribution in [0.3, 0.4) is 0 Å². The van der Waals surface area contributed by atoms with Crippen molar-refractivity contribution >= 4 is 38.6 Å². The Morgan fingerprint density at radius 3 is 1.34 bits per heavy atom. The van der Waals surface area contributed by atoms with E-state index < -0.39 is 0 Å². The minimum atomic E-state index is -0.228. The summed E-state index contributed by atoms with van der Waals surface area (Å²) in [5, 5.41) is 5.36. The minimum absolute atomic E-state index is 0.0706. The summed E-state index contributed by atoms with van der Waals surface area (Å²) in [4.78, 5) is 2.50. The number of rotatable bonds is 3. The van der Waals surface area contributed by atoms with Gasteiger partial charge in [-0.15, -0.1) is 0 Å². The number of hydrogen-bond donors (Lipinski definition) is 0. The third-order valence-corrected chi connectivity index (χ3v) is 14.3. The second-order valence-corrected chi connectivity index (χ2v) is 20.6. The Hall–Kier alpha value is -5.92. The molecular weight excluding hydrogens is 711 g/mol. The van der Waals surface area contributed by atoms with Crippen LogP contribution >= 0.6 is 0 Å². The zero-order chi connectivity index (χ0) is 41.0. The fraction of sp³-hybridized carbons (Fsp3) is 0.241. The SMILES string of the molecule is CC(C)(C)c1ccc(N(c2ccc(C(C)(C)C)cc2)c2cc3c(c4ccccc24)-c2cc4c(cc2C3(C)C)-c2c(cc3c5c(cccc25)-c2ccccc2-3)C4(C)C)cc1. The lowest BCUT2D eigenvalue weighted by Crippen LogP contribution is -2.18. The molecule has 0 radical (unpaired) electrons. The van der Waals surface area contributed by atoms with Crippen LogP contribution in [0.2, 0.25) is 0 Å². The van der Waals surface area contributed by atoms with Gasteiger partial charge < -0.3 is 4.90 Å². The molecule has 11 rings (SSSR count). The summed E-state index contributed by atoms with van der Waals surface area (Å²) in [7, 11) is 0. The van der Waals surface area contributed by atoms with E-state index in [0.717, 1.165) is 0 Å².